The van der Waals surface area contributed by atoms with E-state index in [4.69, 9.17) is 9.84 Å². The average molecular weight is 398 g/mol. The molecule has 5 nitrogen and oxygen atoms in total. The van der Waals surface area contributed by atoms with Crippen LogP contribution in [0.1, 0.15) is 56.6 Å². The number of ether oxygens (including phenoxy) is 1. The maximum atomic E-state index is 12.0. The van der Waals surface area contributed by atoms with Gasteiger partial charge in [-0.05, 0) is 92.2 Å². The Bertz CT molecular complexity index is 755. The first-order chi connectivity index (χ1) is 14.0. The van der Waals surface area contributed by atoms with Crippen LogP contribution in [0.4, 0.5) is 4.79 Å². The number of carboxylic acids is 1. The highest BCUT2D eigenvalue weighted by atomic mass is 16.5. The number of carbonyl (C=O) groups is 2. The van der Waals surface area contributed by atoms with Crippen LogP contribution in [0.5, 0.6) is 0 Å². The molecule has 0 heterocycles. The molecule has 156 valence electrons. The lowest BCUT2D eigenvalue weighted by Crippen LogP contribution is -2.45. The minimum atomic E-state index is -0.924. The van der Waals surface area contributed by atoms with Gasteiger partial charge in [0.15, 0.2) is 0 Å². The second-order valence-corrected chi connectivity index (χ2v) is 9.25. The lowest BCUT2D eigenvalue weighted by atomic mass is 9.51. The highest BCUT2D eigenvalue weighted by molar-refractivity contribution is 5.91. The second kappa shape index (κ2) is 8.60. The van der Waals surface area contributed by atoms with Crippen molar-refractivity contribution < 1.29 is 19.4 Å². The SMILES string of the molecule is CC(=Cc1ccc(CNC(=O)OCCC2C3CC4CC(C3)CC2C4)cc1)C(=O)O. The minimum absolute atomic E-state index is 0.290. The lowest BCUT2D eigenvalue weighted by molar-refractivity contribution is -0.132. The van der Waals surface area contributed by atoms with E-state index in [1.807, 2.05) is 24.3 Å². The van der Waals surface area contributed by atoms with E-state index < -0.39 is 5.97 Å². The van der Waals surface area contributed by atoms with Gasteiger partial charge in [-0.2, -0.15) is 0 Å². The average Bonchev–Trinajstić information content (AvgIpc) is 2.69. The summed E-state index contributed by atoms with van der Waals surface area (Å²) in [5, 5.41) is 11.7. The second-order valence-electron chi connectivity index (χ2n) is 9.25. The van der Waals surface area contributed by atoms with Gasteiger partial charge in [0.1, 0.15) is 0 Å². The summed E-state index contributed by atoms with van der Waals surface area (Å²) in [4.78, 5) is 22.9. The molecule has 5 rings (SSSR count). The van der Waals surface area contributed by atoms with Crippen LogP contribution in [0, 0.1) is 29.6 Å². The molecule has 4 saturated carbocycles. The Morgan fingerprint density at radius 3 is 2.28 bits per heavy atom. The van der Waals surface area contributed by atoms with E-state index in [1.165, 1.54) is 32.1 Å². The molecule has 0 spiro atoms. The van der Waals surface area contributed by atoms with E-state index >= 15 is 0 Å². The van der Waals surface area contributed by atoms with Crippen molar-refractivity contribution in [3.05, 3.63) is 41.0 Å². The van der Waals surface area contributed by atoms with Gasteiger partial charge in [-0.1, -0.05) is 24.3 Å². The third-order valence-corrected chi connectivity index (χ3v) is 7.24. The number of alkyl carbamates (subject to hydrolysis) is 1. The van der Waals surface area contributed by atoms with Crippen LogP contribution < -0.4 is 5.32 Å². The molecule has 4 aliphatic carbocycles. The number of hydrogen-bond donors (Lipinski definition) is 2. The molecule has 1 aromatic rings. The van der Waals surface area contributed by atoms with Crippen LogP contribution in [0.2, 0.25) is 0 Å². The molecule has 0 aromatic heterocycles. The Labute approximate surface area is 172 Å². The van der Waals surface area contributed by atoms with Crippen LogP contribution in [-0.2, 0) is 16.1 Å². The van der Waals surface area contributed by atoms with Gasteiger partial charge in [0, 0.05) is 12.1 Å². The number of aliphatic carboxylic acids is 1. The molecule has 1 aromatic carbocycles. The fourth-order valence-corrected chi connectivity index (χ4v) is 6.07. The van der Waals surface area contributed by atoms with Crippen LogP contribution in [0.3, 0.4) is 0 Å². The number of nitrogens with one attached hydrogen (secondary N) is 1. The van der Waals surface area contributed by atoms with Gasteiger partial charge >= 0.3 is 12.1 Å². The largest absolute Gasteiger partial charge is 0.478 e. The molecule has 4 fully saturated rings. The normalized spacial score (nSPS) is 30.2. The number of carboxylic acid groups (broad SMARTS) is 1. The fraction of sp³-hybridized carbons (Fsp3) is 0.583. The summed E-state index contributed by atoms with van der Waals surface area (Å²) in [5.74, 6) is 3.53. The molecule has 0 unspecified atom stereocenters. The standard InChI is InChI=1S/C24H31NO4/c1-15(23(26)27)8-16-2-4-17(5-3-16)14-25-24(28)29-7-6-22-20-10-18-9-19(12-20)13-21(22)11-18/h2-5,8,18-22H,6-7,9-14H2,1H3,(H,25,28)(H,26,27). The maximum Gasteiger partial charge on any atom is 0.407 e. The highest BCUT2D eigenvalue weighted by Gasteiger charge is 2.47. The van der Waals surface area contributed by atoms with Crippen molar-refractivity contribution in [1.82, 2.24) is 5.32 Å². The molecule has 0 radical (unpaired) electrons. The lowest BCUT2D eigenvalue weighted by Gasteiger charge is -2.54. The molecule has 29 heavy (non-hydrogen) atoms. The Hall–Kier alpha value is -2.30. The molecule has 0 atom stereocenters. The van der Waals surface area contributed by atoms with Crippen molar-refractivity contribution in [2.75, 3.05) is 6.61 Å². The van der Waals surface area contributed by atoms with Crippen molar-refractivity contribution in [1.29, 1.82) is 0 Å². The van der Waals surface area contributed by atoms with Crippen molar-refractivity contribution >= 4 is 18.1 Å². The Morgan fingerprint density at radius 2 is 1.69 bits per heavy atom. The topological polar surface area (TPSA) is 75.6 Å². The zero-order chi connectivity index (χ0) is 20.4. The van der Waals surface area contributed by atoms with Gasteiger partial charge < -0.3 is 15.2 Å². The van der Waals surface area contributed by atoms with E-state index in [9.17, 15) is 9.59 Å². The van der Waals surface area contributed by atoms with E-state index in [0.29, 0.717) is 18.7 Å². The first-order valence-electron chi connectivity index (χ1n) is 10.9. The van der Waals surface area contributed by atoms with E-state index in [2.05, 4.69) is 5.32 Å². The van der Waals surface area contributed by atoms with Crippen LogP contribution in [-0.4, -0.2) is 23.8 Å². The predicted molar refractivity (Wildman–Crippen MR) is 111 cm³/mol. The summed E-state index contributed by atoms with van der Waals surface area (Å²) in [5.41, 5.74) is 2.07. The number of carbonyl (C=O) groups excluding carboxylic acids is 1. The molecule has 0 saturated heterocycles. The zero-order valence-electron chi connectivity index (χ0n) is 17.1. The Morgan fingerprint density at radius 1 is 1.07 bits per heavy atom. The highest BCUT2D eigenvalue weighted by Crippen LogP contribution is 2.57. The number of amides is 1. The van der Waals surface area contributed by atoms with Gasteiger partial charge in [0.05, 0.1) is 6.61 Å². The molecule has 4 aliphatic rings. The molecular weight excluding hydrogens is 366 g/mol. The van der Waals surface area contributed by atoms with Gasteiger partial charge in [-0.25, -0.2) is 9.59 Å². The van der Waals surface area contributed by atoms with Crippen LogP contribution >= 0.6 is 0 Å². The summed E-state index contributed by atoms with van der Waals surface area (Å²) < 4.78 is 5.45. The monoisotopic (exact) mass is 397 g/mol. The molecule has 4 bridgehead atoms. The van der Waals surface area contributed by atoms with Gasteiger partial charge in [0.2, 0.25) is 0 Å². The third-order valence-electron chi connectivity index (χ3n) is 7.24. The molecular formula is C24H31NO4. The van der Waals surface area contributed by atoms with Crippen molar-refractivity contribution in [3.8, 4) is 0 Å². The van der Waals surface area contributed by atoms with Crippen molar-refractivity contribution in [3.63, 3.8) is 0 Å². The smallest absolute Gasteiger partial charge is 0.407 e. The van der Waals surface area contributed by atoms with Crippen molar-refractivity contribution in [2.45, 2.75) is 52.0 Å². The third kappa shape index (κ3) is 4.82. The van der Waals surface area contributed by atoms with Crippen LogP contribution in [0.25, 0.3) is 6.08 Å². The minimum Gasteiger partial charge on any atom is -0.478 e. The molecule has 5 heteroatoms. The zero-order valence-corrected chi connectivity index (χ0v) is 17.1. The summed E-state index contributed by atoms with van der Waals surface area (Å²) >= 11 is 0. The van der Waals surface area contributed by atoms with E-state index in [-0.39, 0.29) is 6.09 Å². The van der Waals surface area contributed by atoms with Gasteiger partial charge in [-0.15, -0.1) is 0 Å². The van der Waals surface area contributed by atoms with E-state index in [0.717, 1.165) is 47.1 Å². The first-order valence-corrected chi connectivity index (χ1v) is 10.9. The quantitative estimate of drug-likeness (QED) is 0.644. The number of rotatable bonds is 7. The molecule has 1 amide bonds. The summed E-state index contributed by atoms with van der Waals surface area (Å²) in [7, 11) is 0. The molecule has 0 aliphatic heterocycles. The Kier molecular flexibility index (Phi) is 5.93. The summed E-state index contributed by atoms with van der Waals surface area (Å²) in [6.07, 6.45) is 9.35. The van der Waals surface area contributed by atoms with Crippen LogP contribution in [0.15, 0.2) is 29.8 Å². The fourth-order valence-electron chi connectivity index (χ4n) is 6.07. The van der Waals surface area contributed by atoms with Crippen molar-refractivity contribution in [2.24, 2.45) is 29.6 Å². The number of benzene rings is 1. The maximum absolute atomic E-state index is 12.0. The predicted octanol–water partition coefficient (Wildman–Crippen LogP) is 4.86. The van der Waals surface area contributed by atoms with E-state index in [1.54, 1.807) is 13.0 Å². The first kappa shape index (κ1) is 20.0. The summed E-state index contributed by atoms with van der Waals surface area (Å²) in [6, 6.07) is 7.47. The number of hydrogen-bond acceptors (Lipinski definition) is 3. The summed E-state index contributed by atoms with van der Waals surface area (Å²) in [6.45, 7) is 2.48. The van der Waals surface area contributed by atoms with Gasteiger partial charge in [0.25, 0.3) is 0 Å². The van der Waals surface area contributed by atoms with Gasteiger partial charge in [-0.3, -0.25) is 0 Å². The Balaban J connectivity index is 1.18. The molecule has 2 N–H and O–H groups in total.